The number of aromatic amines is 1. The summed E-state index contributed by atoms with van der Waals surface area (Å²) in [5, 5.41) is 7.49. The molecule has 0 atom stereocenters. The highest BCUT2D eigenvalue weighted by atomic mass is 35.5. The zero-order valence-corrected chi connectivity index (χ0v) is 14.6. The topological polar surface area (TPSA) is 69.5 Å². The molecular formula is C16H19ClN6O. The van der Waals surface area contributed by atoms with Crippen molar-refractivity contribution in [2.75, 3.05) is 21.1 Å². The standard InChI is InChI=1S/C16H19ClN6O/c1-21(2)16(24)15-13(10-22(3)9-12-6-7-18-20-12)23-8-11(17)4-5-14(23)19-15/h4-8H,9-10H2,1-3H3,(H,18,20). The van der Waals surface area contributed by atoms with E-state index in [1.165, 1.54) is 4.90 Å². The van der Waals surface area contributed by atoms with E-state index in [1.54, 1.807) is 32.6 Å². The maximum Gasteiger partial charge on any atom is 0.273 e. The number of halogens is 1. The van der Waals surface area contributed by atoms with E-state index in [-0.39, 0.29) is 5.91 Å². The van der Waals surface area contributed by atoms with Gasteiger partial charge in [-0.3, -0.25) is 14.8 Å². The fraction of sp³-hybridized carbons (Fsp3) is 0.312. The Bertz CT molecular complexity index is 855. The summed E-state index contributed by atoms with van der Waals surface area (Å²) in [6.07, 6.45) is 3.51. The number of nitrogens with zero attached hydrogens (tertiary/aromatic N) is 5. The van der Waals surface area contributed by atoms with E-state index in [2.05, 4.69) is 20.1 Å². The number of fused-ring (bicyclic) bond motifs is 1. The smallest absolute Gasteiger partial charge is 0.273 e. The van der Waals surface area contributed by atoms with Crippen molar-refractivity contribution in [1.82, 2.24) is 29.4 Å². The fourth-order valence-corrected chi connectivity index (χ4v) is 2.74. The van der Waals surface area contributed by atoms with Crippen LogP contribution in [0, 0.1) is 0 Å². The first-order valence-electron chi connectivity index (χ1n) is 7.50. The predicted octanol–water partition coefficient (Wildman–Crippen LogP) is 2.04. The van der Waals surface area contributed by atoms with Gasteiger partial charge in [-0.2, -0.15) is 5.10 Å². The molecule has 8 heteroatoms. The van der Waals surface area contributed by atoms with Crippen LogP contribution in [0.5, 0.6) is 0 Å². The summed E-state index contributed by atoms with van der Waals surface area (Å²) in [5.41, 5.74) is 2.96. The Labute approximate surface area is 144 Å². The lowest BCUT2D eigenvalue weighted by molar-refractivity contribution is 0.0820. The minimum Gasteiger partial charge on any atom is -0.343 e. The molecule has 24 heavy (non-hydrogen) atoms. The molecule has 0 unspecified atom stereocenters. The number of hydrogen-bond donors (Lipinski definition) is 1. The summed E-state index contributed by atoms with van der Waals surface area (Å²) >= 11 is 6.12. The molecule has 0 spiro atoms. The Kier molecular flexibility index (Phi) is 4.55. The first-order valence-corrected chi connectivity index (χ1v) is 7.88. The van der Waals surface area contributed by atoms with Gasteiger partial charge in [0.15, 0.2) is 5.69 Å². The number of imidazole rings is 1. The molecule has 0 saturated heterocycles. The molecule has 0 aliphatic rings. The van der Waals surface area contributed by atoms with Crippen molar-refractivity contribution >= 4 is 23.2 Å². The lowest BCUT2D eigenvalue weighted by Crippen LogP contribution is -2.26. The molecule has 0 bridgehead atoms. The molecule has 0 radical (unpaired) electrons. The normalized spacial score (nSPS) is 11.4. The number of nitrogens with one attached hydrogen (secondary N) is 1. The number of rotatable bonds is 5. The van der Waals surface area contributed by atoms with E-state index in [0.29, 0.717) is 29.5 Å². The summed E-state index contributed by atoms with van der Waals surface area (Å²) in [4.78, 5) is 20.6. The Balaban J connectivity index is 1.98. The maximum absolute atomic E-state index is 12.5. The quantitative estimate of drug-likeness (QED) is 0.767. The van der Waals surface area contributed by atoms with E-state index < -0.39 is 0 Å². The molecule has 1 N–H and O–H groups in total. The van der Waals surface area contributed by atoms with Crippen LogP contribution in [0.25, 0.3) is 5.65 Å². The first kappa shape index (κ1) is 16.5. The van der Waals surface area contributed by atoms with Crippen LogP contribution in [0.2, 0.25) is 5.02 Å². The lowest BCUT2D eigenvalue weighted by Gasteiger charge is -2.17. The van der Waals surface area contributed by atoms with E-state index in [4.69, 9.17) is 11.6 Å². The van der Waals surface area contributed by atoms with Crippen molar-refractivity contribution in [2.45, 2.75) is 13.1 Å². The number of aromatic nitrogens is 4. The summed E-state index contributed by atoms with van der Waals surface area (Å²) in [6, 6.07) is 5.51. The highest BCUT2D eigenvalue weighted by Crippen LogP contribution is 2.19. The Hall–Kier alpha value is -2.38. The molecule has 0 aromatic carbocycles. The van der Waals surface area contributed by atoms with Crippen molar-refractivity contribution in [3.05, 3.63) is 52.7 Å². The number of pyridine rings is 1. The number of carbonyl (C=O) groups excluding carboxylic acids is 1. The molecule has 3 rings (SSSR count). The number of amides is 1. The molecule has 7 nitrogen and oxygen atoms in total. The number of H-pyrrole nitrogens is 1. The monoisotopic (exact) mass is 346 g/mol. The van der Waals surface area contributed by atoms with Crippen LogP contribution in [0.3, 0.4) is 0 Å². The average Bonchev–Trinajstić information content (AvgIpc) is 3.15. The van der Waals surface area contributed by atoms with Crippen LogP contribution in [0.4, 0.5) is 0 Å². The van der Waals surface area contributed by atoms with Crippen molar-refractivity contribution < 1.29 is 4.79 Å². The maximum atomic E-state index is 12.5. The van der Waals surface area contributed by atoms with E-state index >= 15 is 0 Å². The highest BCUT2D eigenvalue weighted by molar-refractivity contribution is 6.30. The van der Waals surface area contributed by atoms with Crippen LogP contribution in [0.1, 0.15) is 21.9 Å². The van der Waals surface area contributed by atoms with Gasteiger partial charge in [-0.25, -0.2) is 4.98 Å². The second-order valence-electron chi connectivity index (χ2n) is 5.94. The van der Waals surface area contributed by atoms with Gasteiger partial charge in [-0.05, 0) is 25.2 Å². The number of carbonyl (C=O) groups is 1. The van der Waals surface area contributed by atoms with E-state index in [1.807, 2.05) is 23.6 Å². The molecule has 0 saturated carbocycles. The second kappa shape index (κ2) is 6.62. The van der Waals surface area contributed by atoms with Crippen molar-refractivity contribution in [3.8, 4) is 0 Å². The zero-order chi connectivity index (χ0) is 17.3. The summed E-state index contributed by atoms with van der Waals surface area (Å²) in [6.45, 7) is 1.23. The molecule has 3 aromatic heterocycles. The van der Waals surface area contributed by atoms with Gasteiger partial charge in [-0.15, -0.1) is 0 Å². The van der Waals surface area contributed by atoms with Crippen LogP contribution in [-0.2, 0) is 13.1 Å². The van der Waals surface area contributed by atoms with Gasteiger partial charge in [0.25, 0.3) is 5.91 Å². The van der Waals surface area contributed by atoms with Crippen molar-refractivity contribution in [3.63, 3.8) is 0 Å². The fourth-order valence-electron chi connectivity index (χ4n) is 2.58. The minimum absolute atomic E-state index is 0.125. The molecule has 0 aliphatic carbocycles. The predicted molar refractivity (Wildman–Crippen MR) is 92.0 cm³/mol. The summed E-state index contributed by atoms with van der Waals surface area (Å²) in [5.74, 6) is -0.125. The van der Waals surface area contributed by atoms with Crippen molar-refractivity contribution in [2.24, 2.45) is 0 Å². The van der Waals surface area contributed by atoms with Crippen molar-refractivity contribution in [1.29, 1.82) is 0 Å². The highest BCUT2D eigenvalue weighted by Gasteiger charge is 2.21. The van der Waals surface area contributed by atoms with E-state index in [0.717, 1.165) is 11.4 Å². The van der Waals surface area contributed by atoms with Gasteiger partial charge in [0.05, 0.1) is 10.7 Å². The molecule has 0 aliphatic heterocycles. The SMILES string of the molecule is CN(Cc1ccn[nH]1)Cc1c(C(=O)N(C)C)nc2ccc(Cl)cn12. The third-order valence-electron chi connectivity index (χ3n) is 3.71. The number of hydrogen-bond acceptors (Lipinski definition) is 4. The molecule has 0 fully saturated rings. The van der Waals surface area contributed by atoms with Gasteiger partial charge >= 0.3 is 0 Å². The van der Waals surface area contributed by atoms with Crippen LogP contribution in [0.15, 0.2) is 30.6 Å². The second-order valence-corrected chi connectivity index (χ2v) is 6.37. The first-order chi connectivity index (χ1) is 11.5. The lowest BCUT2D eigenvalue weighted by atomic mass is 10.2. The molecule has 126 valence electrons. The Morgan fingerprint density at radius 1 is 1.25 bits per heavy atom. The molecule has 3 heterocycles. The van der Waals surface area contributed by atoms with Crippen LogP contribution in [-0.4, -0.2) is 56.4 Å². The van der Waals surface area contributed by atoms with Crippen LogP contribution < -0.4 is 0 Å². The minimum atomic E-state index is -0.125. The zero-order valence-electron chi connectivity index (χ0n) is 13.8. The van der Waals surface area contributed by atoms with Gasteiger partial charge in [0, 0.05) is 45.3 Å². The Morgan fingerprint density at radius 3 is 2.71 bits per heavy atom. The van der Waals surface area contributed by atoms with Gasteiger partial charge in [0.1, 0.15) is 5.65 Å². The summed E-state index contributed by atoms with van der Waals surface area (Å²) in [7, 11) is 5.42. The van der Waals surface area contributed by atoms with E-state index in [9.17, 15) is 4.79 Å². The Morgan fingerprint density at radius 2 is 2.04 bits per heavy atom. The molecule has 3 aromatic rings. The third-order valence-corrected chi connectivity index (χ3v) is 3.93. The third kappa shape index (κ3) is 3.27. The van der Waals surface area contributed by atoms with Gasteiger partial charge < -0.3 is 9.30 Å². The van der Waals surface area contributed by atoms with Crippen LogP contribution >= 0.6 is 11.6 Å². The molecular weight excluding hydrogens is 328 g/mol. The average molecular weight is 347 g/mol. The van der Waals surface area contributed by atoms with Gasteiger partial charge in [0.2, 0.25) is 0 Å². The van der Waals surface area contributed by atoms with Gasteiger partial charge in [-0.1, -0.05) is 11.6 Å². The molecule has 1 amide bonds. The summed E-state index contributed by atoms with van der Waals surface area (Å²) < 4.78 is 1.88. The largest absolute Gasteiger partial charge is 0.343 e.